The van der Waals surface area contributed by atoms with Gasteiger partial charge in [0.15, 0.2) is 0 Å². The van der Waals surface area contributed by atoms with Crippen LogP contribution < -0.4 is 5.32 Å². The fourth-order valence-electron chi connectivity index (χ4n) is 3.07. The van der Waals surface area contributed by atoms with E-state index in [9.17, 15) is 0 Å². The van der Waals surface area contributed by atoms with Crippen molar-refractivity contribution in [2.45, 2.75) is 25.3 Å². The van der Waals surface area contributed by atoms with E-state index in [1.807, 2.05) is 0 Å². The Morgan fingerprint density at radius 1 is 1.12 bits per heavy atom. The molecule has 1 saturated heterocycles. The van der Waals surface area contributed by atoms with Crippen LogP contribution in [0, 0.1) is 0 Å². The lowest BCUT2D eigenvalue weighted by atomic mass is 9.97. The first kappa shape index (κ1) is 21.0. The van der Waals surface area contributed by atoms with Crippen molar-refractivity contribution in [3.05, 3.63) is 42.4 Å². The summed E-state index contributed by atoms with van der Waals surface area (Å²) in [5.41, 5.74) is 2.31. The van der Waals surface area contributed by atoms with Gasteiger partial charge in [-0.1, -0.05) is 30.3 Å². The maximum absolute atomic E-state index is 5.00. The summed E-state index contributed by atoms with van der Waals surface area (Å²) in [6.45, 7) is 4.26. The fourth-order valence-corrected chi connectivity index (χ4v) is 3.07. The predicted molar refractivity (Wildman–Crippen MR) is 106 cm³/mol. The third kappa shape index (κ3) is 5.21. The van der Waals surface area contributed by atoms with Gasteiger partial charge in [0.05, 0.1) is 5.69 Å². The smallest absolute Gasteiger partial charge is 0.112 e. The molecule has 0 amide bonds. The van der Waals surface area contributed by atoms with Crippen molar-refractivity contribution >= 4 is 24.8 Å². The van der Waals surface area contributed by atoms with Crippen LogP contribution in [0.3, 0.4) is 0 Å². The second-order valence-electron chi connectivity index (χ2n) is 6.37. The Kier molecular flexibility index (Phi) is 8.78. The van der Waals surface area contributed by atoms with Crippen molar-refractivity contribution in [3.8, 4) is 11.3 Å². The van der Waals surface area contributed by atoms with Gasteiger partial charge in [0, 0.05) is 30.8 Å². The molecule has 0 radical (unpaired) electrons. The van der Waals surface area contributed by atoms with Crippen LogP contribution in [0.25, 0.3) is 11.3 Å². The van der Waals surface area contributed by atoms with E-state index in [1.54, 1.807) is 0 Å². The number of likely N-dealkylation sites (N-methyl/N-ethyl adjacent to an activating group) is 1. The van der Waals surface area contributed by atoms with Crippen molar-refractivity contribution in [2.75, 3.05) is 33.7 Å². The molecule has 1 aliphatic heterocycles. The Hall–Kier alpha value is -1.07. The zero-order valence-electron chi connectivity index (χ0n) is 14.4. The molecule has 134 valence electrons. The number of hydrogen-bond donors (Lipinski definition) is 1. The van der Waals surface area contributed by atoms with Crippen LogP contribution in [0.4, 0.5) is 0 Å². The number of nitrogens with one attached hydrogen (secondary N) is 1. The summed E-state index contributed by atoms with van der Waals surface area (Å²) in [5, 5.41) is 3.45. The van der Waals surface area contributed by atoms with Crippen LogP contribution in [0.5, 0.6) is 0 Å². The van der Waals surface area contributed by atoms with E-state index < -0.39 is 0 Å². The summed E-state index contributed by atoms with van der Waals surface area (Å²) in [4.78, 5) is 7.23. The second kappa shape index (κ2) is 10.0. The van der Waals surface area contributed by atoms with E-state index in [0.29, 0.717) is 5.92 Å². The van der Waals surface area contributed by atoms with Gasteiger partial charge in [-0.25, -0.2) is 4.98 Å². The van der Waals surface area contributed by atoms with Crippen LogP contribution in [0.2, 0.25) is 0 Å². The van der Waals surface area contributed by atoms with Gasteiger partial charge in [-0.05, 0) is 40.0 Å². The number of benzene rings is 1. The van der Waals surface area contributed by atoms with Gasteiger partial charge in [-0.15, -0.1) is 24.8 Å². The Morgan fingerprint density at radius 3 is 2.42 bits per heavy atom. The fraction of sp³-hybridized carbons (Fsp3) is 0.500. The average molecular weight is 371 g/mol. The Morgan fingerprint density at radius 2 is 1.79 bits per heavy atom. The van der Waals surface area contributed by atoms with Crippen molar-refractivity contribution in [2.24, 2.45) is 0 Å². The highest BCUT2D eigenvalue weighted by molar-refractivity contribution is 5.85. The summed E-state index contributed by atoms with van der Waals surface area (Å²) < 4.78 is 2.37. The van der Waals surface area contributed by atoms with Gasteiger partial charge < -0.3 is 14.8 Å². The quantitative estimate of drug-likeness (QED) is 0.874. The Bertz CT molecular complexity index is 592. The lowest BCUT2D eigenvalue weighted by molar-refractivity contribution is 0.369. The topological polar surface area (TPSA) is 33.1 Å². The van der Waals surface area contributed by atoms with E-state index in [-0.39, 0.29) is 24.8 Å². The molecule has 1 aromatic carbocycles. The summed E-state index contributed by atoms with van der Waals surface area (Å²) in [5.74, 6) is 1.85. The molecule has 24 heavy (non-hydrogen) atoms. The number of aromatic nitrogens is 2. The van der Waals surface area contributed by atoms with Crippen LogP contribution in [-0.2, 0) is 6.54 Å². The van der Waals surface area contributed by atoms with Gasteiger partial charge in [-0.3, -0.25) is 0 Å². The molecule has 1 N–H and O–H groups in total. The normalized spacial score (nSPS) is 15.0. The molecule has 0 saturated carbocycles. The minimum atomic E-state index is 0. The molecule has 4 nitrogen and oxygen atoms in total. The molecule has 0 aliphatic carbocycles. The van der Waals surface area contributed by atoms with Crippen molar-refractivity contribution in [3.63, 3.8) is 0 Å². The van der Waals surface area contributed by atoms with Crippen LogP contribution in [-0.4, -0.2) is 48.2 Å². The highest BCUT2D eigenvalue weighted by atomic mass is 35.5. The Labute approximate surface area is 157 Å². The lowest BCUT2D eigenvalue weighted by Gasteiger charge is -2.23. The third-order valence-corrected chi connectivity index (χ3v) is 4.37. The zero-order valence-corrected chi connectivity index (χ0v) is 16.1. The monoisotopic (exact) mass is 370 g/mol. The molecular weight excluding hydrogens is 343 g/mol. The molecule has 2 heterocycles. The first-order valence-corrected chi connectivity index (χ1v) is 8.22. The molecule has 2 aromatic rings. The molecular formula is C18H28Cl2N4. The van der Waals surface area contributed by atoms with E-state index in [1.165, 1.54) is 24.2 Å². The van der Waals surface area contributed by atoms with Crippen LogP contribution in [0.15, 0.2) is 36.5 Å². The summed E-state index contributed by atoms with van der Waals surface area (Å²) >= 11 is 0. The molecule has 0 unspecified atom stereocenters. The van der Waals surface area contributed by atoms with E-state index >= 15 is 0 Å². The zero-order chi connectivity index (χ0) is 15.4. The summed E-state index contributed by atoms with van der Waals surface area (Å²) in [6.07, 6.45) is 4.61. The summed E-state index contributed by atoms with van der Waals surface area (Å²) in [6, 6.07) is 10.5. The van der Waals surface area contributed by atoms with Gasteiger partial charge in [-0.2, -0.15) is 0 Å². The number of halogens is 2. The average Bonchev–Trinajstić information content (AvgIpc) is 2.99. The molecule has 3 rings (SSSR count). The predicted octanol–water partition coefficient (Wildman–Crippen LogP) is 3.42. The van der Waals surface area contributed by atoms with Gasteiger partial charge in [0.2, 0.25) is 0 Å². The summed E-state index contributed by atoms with van der Waals surface area (Å²) in [7, 11) is 4.25. The number of imidazole rings is 1. The number of piperidine rings is 1. The van der Waals surface area contributed by atoms with Gasteiger partial charge >= 0.3 is 0 Å². The van der Waals surface area contributed by atoms with Gasteiger partial charge in [0.1, 0.15) is 5.82 Å². The van der Waals surface area contributed by atoms with Crippen LogP contribution >= 0.6 is 24.8 Å². The molecule has 6 heteroatoms. The first-order chi connectivity index (χ1) is 10.7. The van der Waals surface area contributed by atoms with E-state index in [2.05, 4.69) is 65.4 Å². The molecule has 1 aliphatic rings. The first-order valence-electron chi connectivity index (χ1n) is 8.22. The Balaban J connectivity index is 0.00000144. The standard InChI is InChI=1S/C18H26N4.2ClH/c1-21(2)12-13-22-14-17(15-6-4-3-5-7-15)20-18(22)16-8-10-19-11-9-16;;/h3-7,14,16,19H,8-13H2,1-2H3;2*1H. The maximum Gasteiger partial charge on any atom is 0.112 e. The number of rotatable bonds is 5. The highest BCUT2D eigenvalue weighted by Gasteiger charge is 2.21. The molecule has 1 aromatic heterocycles. The molecule has 0 bridgehead atoms. The second-order valence-corrected chi connectivity index (χ2v) is 6.37. The number of nitrogens with zero attached hydrogens (tertiary/aromatic N) is 3. The molecule has 1 fully saturated rings. The van der Waals surface area contributed by atoms with Crippen molar-refractivity contribution in [1.29, 1.82) is 0 Å². The minimum Gasteiger partial charge on any atom is -0.333 e. The van der Waals surface area contributed by atoms with Crippen molar-refractivity contribution < 1.29 is 0 Å². The largest absolute Gasteiger partial charge is 0.333 e. The molecule has 0 atom stereocenters. The third-order valence-electron chi connectivity index (χ3n) is 4.37. The maximum atomic E-state index is 5.00. The highest BCUT2D eigenvalue weighted by Crippen LogP contribution is 2.28. The van der Waals surface area contributed by atoms with E-state index in [4.69, 9.17) is 4.98 Å². The lowest BCUT2D eigenvalue weighted by Crippen LogP contribution is -2.28. The number of hydrogen-bond acceptors (Lipinski definition) is 3. The SMILES string of the molecule is CN(C)CCn1cc(-c2ccccc2)nc1C1CCNCC1.Cl.Cl. The van der Waals surface area contributed by atoms with Crippen molar-refractivity contribution in [1.82, 2.24) is 19.8 Å². The molecule has 0 spiro atoms. The minimum absolute atomic E-state index is 0. The van der Waals surface area contributed by atoms with E-state index in [0.717, 1.165) is 31.9 Å². The van der Waals surface area contributed by atoms with Gasteiger partial charge in [0.25, 0.3) is 0 Å². The van der Waals surface area contributed by atoms with Crippen LogP contribution in [0.1, 0.15) is 24.6 Å².